The van der Waals surface area contributed by atoms with E-state index < -0.39 is 0 Å². The molecular formula is C19H18N2O2. The summed E-state index contributed by atoms with van der Waals surface area (Å²) in [5, 5.41) is 2.63. The van der Waals surface area contributed by atoms with Gasteiger partial charge in [0.15, 0.2) is 0 Å². The summed E-state index contributed by atoms with van der Waals surface area (Å²) in [4.78, 5) is 25.2. The van der Waals surface area contributed by atoms with Crippen LogP contribution in [0, 0.1) is 0 Å². The van der Waals surface area contributed by atoms with Gasteiger partial charge in [0.2, 0.25) is 0 Å². The fourth-order valence-corrected chi connectivity index (χ4v) is 2.57. The zero-order valence-electron chi connectivity index (χ0n) is 13.0. The third kappa shape index (κ3) is 3.16. The number of hydrogen-bond acceptors (Lipinski definition) is 2. The molecule has 3 amide bonds. The highest BCUT2D eigenvalue weighted by atomic mass is 16.2. The Morgan fingerprint density at radius 1 is 0.957 bits per heavy atom. The molecule has 0 aliphatic carbocycles. The molecule has 0 aromatic heterocycles. The predicted octanol–water partition coefficient (Wildman–Crippen LogP) is 3.66. The zero-order valence-corrected chi connectivity index (χ0v) is 13.0. The van der Waals surface area contributed by atoms with Gasteiger partial charge in [-0.05, 0) is 29.2 Å². The molecule has 0 saturated carbocycles. The van der Waals surface area contributed by atoms with Gasteiger partial charge in [-0.15, -0.1) is 0 Å². The first-order chi connectivity index (χ1) is 11.2. The van der Waals surface area contributed by atoms with Gasteiger partial charge in [-0.3, -0.25) is 9.69 Å². The van der Waals surface area contributed by atoms with Crippen LogP contribution in [0.25, 0.3) is 17.2 Å². The van der Waals surface area contributed by atoms with Gasteiger partial charge in [0, 0.05) is 6.54 Å². The molecule has 1 N–H and O–H groups in total. The van der Waals surface area contributed by atoms with E-state index >= 15 is 0 Å². The van der Waals surface area contributed by atoms with Crippen molar-refractivity contribution in [1.82, 2.24) is 10.2 Å². The number of urea groups is 1. The summed E-state index contributed by atoms with van der Waals surface area (Å²) in [7, 11) is 0. The topological polar surface area (TPSA) is 49.4 Å². The fraction of sp³-hybridized carbons (Fsp3) is 0.158. The molecule has 1 fully saturated rings. The maximum atomic E-state index is 12.2. The Balaban J connectivity index is 1.81. The van der Waals surface area contributed by atoms with Gasteiger partial charge in [0.05, 0.1) is 0 Å². The Kier molecular flexibility index (Phi) is 4.24. The lowest BCUT2D eigenvalue weighted by atomic mass is 10.0. The SMILES string of the molecule is CCCN1C(=O)N/C(=C/c2ccc(-c3ccccc3)cc2)C1=O. The van der Waals surface area contributed by atoms with E-state index in [1.165, 1.54) is 4.90 Å². The molecule has 4 heteroatoms. The van der Waals surface area contributed by atoms with Crippen LogP contribution < -0.4 is 5.32 Å². The van der Waals surface area contributed by atoms with E-state index in [9.17, 15) is 9.59 Å². The monoisotopic (exact) mass is 306 g/mol. The molecule has 0 atom stereocenters. The smallest absolute Gasteiger partial charge is 0.303 e. The number of rotatable bonds is 4. The minimum absolute atomic E-state index is 0.260. The van der Waals surface area contributed by atoms with Crippen molar-refractivity contribution < 1.29 is 9.59 Å². The van der Waals surface area contributed by atoms with Crippen LogP contribution in [0.4, 0.5) is 4.79 Å². The Morgan fingerprint density at radius 3 is 2.26 bits per heavy atom. The molecule has 2 aromatic carbocycles. The normalized spacial score (nSPS) is 16.0. The summed E-state index contributed by atoms with van der Waals surface area (Å²) in [5.74, 6) is -0.260. The van der Waals surface area contributed by atoms with E-state index in [0.29, 0.717) is 12.2 Å². The summed E-state index contributed by atoms with van der Waals surface area (Å²) in [6.07, 6.45) is 2.46. The van der Waals surface area contributed by atoms with Crippen molar-refractivity contribution in [3.63, 3.8) is 0 Å². The van der Waals surface area contributed by atoms with Crippen molar-refractivity contribution in [3.05, 3.63) is 65.9 Å². The second kappa shape index (κ2) is 6.48. The van der Waals surface area contributed by atoms with Crippen molar-refractivity contribution in [2.24, 2.45) is 0 Å². The molecule has 0 unspecified atom stereocenters. The standard InChI is InChI=1S/C19H18N2O2/c1-2-12-21-18(22)17(20-19(21)23)13-14-8-10-16(11-9-14)15-6-4-3-5-7-15/h3-11,13H,2,12H2,1H3,(H,20,23)/b17-13+. The van der Waals surface area contributed by atoms with Crippen molar-refractivity contribution in [1.29, 1.82) is 0 Å². The maximum absolute atomic E-state index is 12.2. The summed E-state index contributed by atoms with van der Waals surface area (Å²) < 4.78 is 0. The molecule has 116 valence electrons. The molecule has 0 radical (unpaired) electrons. The lowest BCUT2D eigenvalue weighted by Gasteiger charge is -2.08. The molecule has 23 heavy (non-hydrogen) atoms. The van der Waals surface area contributed by atoms with Crippen LogP contribution in [-0.2, 0) is 4.79 Å². The van der Waals surface area contributed by atoms with Crippen LogP contribution in [-0.4, -0.2) is 23.4 Å². The Hall–Kier alpha value is -2.88. The predicted molar refractivity (Wildman–Crippen MR) is 90.4 cm³/mol. The highest BCUT2D eigenvalue weighted by Crippen LogP contribution is 2.21. The van der Waals surface area contributed by atoms with Crippen LogP contribution in [0.15, 0.2) is 60.3 Å². The molecule has 1 aliphatic heterocycles. The van der Waals surface area contributed by atoms with Crippen molar-refractivity contribution in [3.8, 4) is 11.1 Å². The molecular weight excluding hydrogens is 288 g/mol. The number of carbonyl (C=O) groups excluding carboxylic acids is 2. The van der Waals surface area contributed by atoms with Gasteiger partial charge < -0.3 is 5.32 Å². The van der Waals surface area contributed by atoms with Crippen LogP contribution in [0.1, 0.15) is 18.9 Å². The number of imide groups is 1. The van der Waals surface area contributed by atoms with Crippen LogP contribution in [0.5, 0.6) is 0 Å². The summed E-state index contributed by atoms with van der Waals surface area (Å²) in [5.41, 5.74) is 3.47. The van der Waals surface area contributed by atoms with Gasteiger partial charge >= 0.3 is 6.03 Å². The number of amides is 3. The molecule has 1 heterocycles. The maximum Gasteiger partial charge on any atom is 0.329 e. The van der Waals surface area contributed by atoms with Crippen LogP contribution in [0.3, 0.4) is 0 Å². The van der Waals surface area contributed by atoms with E-state index in [1.54, 1.807) is 6.08 Å². The van der Waals surface area contributed by atoms with E-state index in [1.807, 2.05) is 49.4 Å². The highest BCUT2D eigenvalue weighted by molar-refractivity contribution is 6.13. The second-order valence-electron chi connectivity index (χ2n) is 5.43. The minimum atomic E-state index is -0.344. The lowest BCUT2D eigenvalue weighted by Crippen LogP contribution is -2.31. The second-order valence-corrected chi connectivity index (χ2v) is 5.43. The van der Waals surface area contributed by atoms with Crippen molar-refractivity contribution in [2.45, 2.75) is 13.3 Å². The van der Waals surface area contributed by atoms with Gasteiger partial charge in [-0.1, -0.05) is 61.5 Å². The quantitative estimate of drug-likeness (QED) is 0.692. The average molecular weight is 306 g/mol. The molecule has 2 aromatic rings. The number of carbonyl (C=O) groups is 2. The molecule has 0 spiro atoms. The van der Waals surface area contributed by atoms with E-state index in [4.69, 9.17) is 0 Å². The largest absolute Gasteiger partial charge is 0.329 e. The number of benzene rings is 2. The molecule has 3 rings (SSSR count). The van der Waals surface area contributed by atoms with Gasteiger partial charge in [-0.25, -0.2) is 4.79 Å². The minimum Gasteiger partial charge on any atom is -0.303 e. The third-order valence-corrected chi connectivity index (χ3v) is 3.74. The Morgan fingerprint density at radius 2 is 1.61 bits per heavy atom. The third-order valence-electron chi connectivity index (χ3n) is 3.74. The molecule has 4 nitrogen and oxygen atoms in total. The molecule has 0 bridgehead atoms. The first-order valence-electron chi connectivity index (χ1n) is 7.69. The zero-order chi connectivity index (χ0) is 16.2. The summed E-state index contributed by atoms with van der Waals surface area (Å²) in [6.45, 7) is 2.37. The molecule has 1 saturated heterocycles. The summed E-state index contributed by atoms with van der Waals surface area (Å²) >= 11 is 0. The first kappa shape index (κ1) is 15.0. The van der Waals surface area contributed by atoms with Gasteiger partial charge in [0.25, 0.3) is 5.91 Å². The fourth-order valence-electron chi connectivity index (χ4n) is 2.57. The van der Waals surface area contributed by atoms with Crippen molar-refractivity contribution >= 4 is 18.0 Å². The molecule has 1 aliphatic rings. The van der Waals surface area contributed by atoms with Crippen LogP contribution in [0.2, 0.25) is 0 Å². The van der Waals surface area contributed by atoms with Gasteiger partial charge in [0.1, 0.15) is 5.70 Å². The highest BCUT2D eigenvalue weighted by Gasteiger charge is 2.32. The van der Waals surface area contributed by atoms with E-state index in [0.717, 1.165) is 23.1 Å². The average Bonchev–Trinajstić information content (AvgIpc) is 2.84. The van der Waals surface area contributed by atoms with Crippen molar-refractivity contribution in [2.75, 3.05) is 6.54 Å². The Labute approximate surface area is 135 Å². The Bertz CT molecular complexity index is 749. The van der Waals surface area contributed by atoms with Gasteiger partial charge in [-0.2, -0.15) is 0 Å². The number of hydrogen-bond donors (Lipinski definition) is 1. The van der Waals surface area contributed by atoms with Crippen LogP contribution >= 0.6 is 0 Å². The summed E-state index contributed by atoms with van der Waals surface area (Å²) in [6, 6.07) is 17.6. The van der Waals surface area contributed by atoms with E-state index in [2.05, 4.69) is 17.4 Å². The number of nitrogens with one attached hydrogen (secondary N) is 1. The number of nitrogens with zero attached hydrogens (tertiary/aromatic N) is 1. The first-order valence-corrected chi connectivity index (χ1v) is 7.69. The van der Waals surface area contributed by atoms with E-state index in [-0.39, 0.29) is 11.9 Å². The lowest BCUT2D eigenvalue weighted by molar-refractivity contribution is -0.122.